The zero-order valence-electron chi connectivity index (χ0n) is 7.42. The van der Waals surface area contributed by atoms with Gasteiger partial charge in [0.25, 0.3) is 0 Å². The molecule has 0 spiro atoms. The maximum absolute atomic E-state index is 13.1. The molecule has 14 heavy (non-hydrogen) atoms. The lowest BCUT2D eigenvalue weighted by molar-refractivity contribution is -0.118. The molecule has 1 aromatic carbocycles. The molecular formula is C9H8BrFN2O. The van der Waals surface area contributed by atoms with E-state index < -0.39 is 0 Å². The van der Waals surface area contributed by atoms with Crippen molar-refractivity contribution in [3.05, 3.63) is 34.1 Å². The number of hydrogen-bond donors (Lipinski definition) is 1. The first-order valence-electron chi connectivity index (χ1n) is 3.84. The van der Waals surface area contributed by atoms with Crippen molar-refractivity contribution in [3.63, 3.8) is 0 Å². The summed E-state index contributed by atoms with van der Waals surface area (Å²) in [6, 6.07) is 4.48. The highest BCUT2D eigenvalue weighted by Gasteiger charge is 1.99. The number of hydrazone groups is 1. The van der Waals surface area contributed by atoms with Crippen molar-refractivity contribution in [1.29, 1.82) is 0 Å². The summed E-state index contributed by atoms with van der Waals surface area (Å²) in [5.41, 5.74) is 2.50. The molecule has 5 heteroatoms. The van der Waals surface area contributed by atoms with Crippen LogP contribution in [0.4, 0.5) is 4.39 Å². The average Bonchev–Trinajstić information content (AvgIpc) is 2.10. The van der Waals surface area contributed by atoms with Crippen LogP contribution in [0.25, 0.3) is 0 Å². The van der Waals surface area contributed by atoms with Crippen molar-refractivity contribution in [2.24, 2.45) is 5.10 Å². The third-order valence-electron chi connectivity index (χ3n) is 1.38. The van der Waals surface area contributed by atoms with Gasteiger partial charge >= 0.3 is 0 Å². The summed E-state index contributed by atoms with van der Waals surface area (Å²) in [6.07, 6.45) is 1.25. The number of carbonyl (C=O) groups excluding carboxylic acids is 1. The number of nitrogens with zero attached hydrogens (tertiary/aromatic N) is 1. The van der Waals surface area contributed by atoms with Gasteiger partial charge in [-0.1, -0.05) is 15.9 Å². The van der Waals surface area contributed by atoms with E-state index in [0.29, 0.717) is 5.56 Å². The molecule has 1 rings (SSSR count). The van der Waals surface area contributed by atoms with Crippen molar-refractivity contribution in [3.8, 4) is 0 Å². The van der Waals surface area contributed by atoms with Crippen LogP contribution in [0.15, 0.2) is 27.8 Å². The van der Waals surface area contributed by atoms with Crippen molar-refractivity contribution < 1.29 is 9.18 Å². The molecule has 74 valence electrons. The fourth-order valence-electron chi connectivity index (χ4n) is 0.806. The Bertz CT molecular complexity index is 379. The van der Waals surface area contributed by atoms with Crippen LogP contribution in [0, 0.1) is 5.82 Å². The Balaban J connectivity index is 2.80. The van der Waals surface area contributed by atoms with Gasteiger partial charge in [-0.15, -0.1) is 0 Å². The van der Waals surface area contributed by atoms with E-state index >= 15 is 0 Å². The van der Waals surface area contributed by atoms with Gasteiger partial charge in [-0.05, 0) is 18.2 Å². The summed E-state index contributed by atoms with van der Waals surface area (Å²) in [5.74, 6) is -0.682. The summed E-state index contributed by atoms with van der Waals surface area (Å²) in [5, 5.41) is 3.56. The normalized spacial score (nSPS) is 10.5. The molecule has 0 fully saturated rings. The Morgan fingerprint density at radius 1 is 1.64 bits per heavy atom. The van der Waals surface area contributed by atoms with E-state index in [1.165, 1.54) is 19.2 Å². The van der Waals surface area contributed by atoms with Crippen molar-refractivity contribution in [1.82, 2.24) is 5.43 Å². The third-order valence-corrected chi connectivity index (χ3v) is 1.88. The Hall–Kier alpha value is -1.23. The number of amides is 1. The fraction of sp³-hybridized carbons (Fsp3) is 0.111. The van der Waals surface area contributed by atoms with E-state index in [-0.39, 0.29) is 11.7 Å². The van der Waals surface area contributed by atoms with Gasteiger partial charge in [-0.3, -0.25) is 4.79 Å². The molecule has 1 N–H and O–H groups in total. The molecule has 0 radical (unpaired) electrons. The molecule has 0 aliphatic rings. The van der Waals surface area contributed by atoms with E-state index in [2.05, 4.69) is 26.5 Å². The topological polar surface area (TPSA) is 41.5 Å². The minimum Gasteiger partial charge on any atom is -0.274 e. The summed E-state index contributed by atoms with van der Waals surface area (Å²) < 4.78 is 13.8. The molecule has 0 heterocycles. The van der Waals surface area contributed by atoms with Crippen LogP contribution < -0.4 is 5.43 Å². The second-order valence-electron chi connectivity index (χ2n) is 2.59. The first-order chi connectivity index (χ1) is 6.59. The molecular weight excluding hydrogens is 251 g/mol. The van der Waals surface area contributed by atoms with Crippen LogP contribution >= 0.6 is 15.9 Å². The smallest absolute Gasteiger partial charge is 0.236 e. The van der Waals surface area contributed by atoms with Crippen LogP contribution in [-0.4, -0.2) is 12.1 Å². The Labute approximate surface area is 89.1 Å². The highest BCUT2D eigenvalue weighted by molar-refractivity contribution is 9.10. The zero-order valence-corrected chi connectivity index (χ0v) is 9.01. The largest absolute Gasteiger partial charge is 0.274 e. The summed E-state index contributed by atoms with van der Waals surface area (Å²) in [7, 11) is 0. The first kappa shape index (κ1) is 10.8. The molecule has 0 saturated heterocycles. The van der Waals surface area contributed by atoms with Gasteiger partial charge in [0, 0.05) is 17.0 Å². The second kappa shape index (κ2) is 4.85. The number of rotatable bonds is 2. The molecule has 0 aromatic heterocycles. The number of nitrogens with one attached hydrogen (secondary N) is 1. The van der Waals surface area contributed by atoms with E-state index in [9.17, 15) is 9.18 Å². The van der Waals surface area contributed by atoms with Crippen molar-refractivity contribution >= 4 is 28.1 Å². The van der Waals surface area contributed by atoms with Gasteiger partial charge in [0.15, 0.2) is 0 Å². The molecule has 1 aromatic rings. The molecule has 0 bridgehead atoms. The lowest BCUT2D eigenvalue weighted by Crippen LogP contribution is -2.12. The molecule has 0 atom stereocenters. The average molecular weight is 259 g/mol. The van der Waals surface area contributed by atoms with Gasteiger partial charge in [0.05, 0.1) is 6.21 Å². The summed E-state index contributed by atoms with van der Waals surface area (Å²) >= 11 is 3.20. The maximum Gasteiger partial charge on any atom is 0.236 e. The van der Waals surface area contributed by atoms with Gasteiger partial charge in [-0.25, -0.2) is 9.82 Å². The molecule has 3 nitrogen and oxygen atoms in total. The number of carbonyl (C=O) groups is 1. The summed E-state index contributed by atoms with van der Waals surface area (Å²) in [6.45, 7) is 1.33. The van der Waals surface area contributed by atoms with Crippen LogP contribution in [0.2, 0.25) is 0 Å². The predicted molar refractivity (Wildman–Crippen MR) is 55.5 cm³/mol. The first-order valence-corrected chi connectivity index (χ1v) is 4.63. The highest BCUT2D eigenvalue weighted by Crippen LogP contribution is 2.13. The zero-order chi connectivity index (χ0) is 10.6. The van der Waals surface area contributed by atoms with E-state index in [4.69, 9.17) is 0 Å². The molecule has 0 aliphatic carbocycles. The lowest BCUT2D eigenvalue weighted by Gasteiger charge is -1.97. The number of hydrogen-bond acceptors (Lipinski definition) is 2. The minimum absolute atomic E-state index is 0.295. The maximum atomic E-state index is 13.1. The predicted octanol–water partition coefficient (Wildman–Crippen LogP) is 2.06. The van der Waals surface area contributed by atoms with E-state index in [1.807, 2.05) is 0 Å². The van der Waals surface area contributed by atoms with Crippen molar-refractivity contribution in [2.45, 2.75) is 6.92 Å². The Morgan fingerprint density at radius 3 is 3.00 bits per heavy atom. The van der Waals surface area contributed by atoms with Gasteiger partial charge in [0.1, 0.15) is 5.82 Å². The molecule has 0 saturated carbocycles. The highest BCUT2D eigenvalue weighted by atomic mass is 79.9. The Kier molecular flexibility index (Phi) is 3.76. The van der Waals surface area contributed by atoms with E-state index in [0.717, 1.165) is 4.47 Å². The molecule has 0 unspecified atom stereocenters. The van der Waals surface area contributed by atoms with Gasteiger partial charge in [0.2, 0.25) is 5.91 Å². The fourth-order valence-corrected chi connectivity index (χ4v) is 1.19. The van der Waals surface area contributed by atoms with E-state index in [1.54, 1.807) is 12.1 Å². The van der Waals surface area contributed by atoms with Crippen molar-refractivity contribution in [2.75, 3.05) is 0 Å². The monoisotopic (exact) mass is 258 g/mol. The quantitative estimate of drug-likeness (QED) is 0.641. The van der Waals surface area contributed by atoms with Crippen LogP contribution in [-0.2, 0) is 4.79 Å². The SMILES string of the molecule is CC(=O)N/N=C\c1cc(Br)ccc1F. The van der Waals surface area contributed by atoms with Crippen LogP contribution in [0.1, 0.15) is 12.5 Å². The van der Waals surface area contributed by atoms with Crippen LogP contribution in [0.3, 0.4) is 0 Å². The lowest BCUT2D eigenvalue weighted by atomic mass is 10.2. The molecule has 0 aliphatic heterocycles. The standard InChI is InChI=1S/C9H8BrFN2O/c1-6(14)13-12-5-7-4-8(10)2-3-9(7)11/h2-5H,1H3,(H,13,14)/b12-5-. The summed E-state index contributed by atoms with van der Waals surface area (Å²) in [4.78, 5) is 10.5. The second-order valence-corrected chi connectivity index (χ2v) is 3.51. The number of halogens is 2. The third kappa shape index (κ3) is 3.26. The van der Waals surface area contributed by atoms with Gasteiger partial charge in [-0.2, -0.15) is 5.10 Å². The van der Waals surface area contributed by atoms with Gasteiger partial charge < -0.3 is 0 Å². The minimum atomic E-state index is -0.387. The number of benzene rings is 1. The van der Waals surface area contributed by atoms with Crippen LogP contribution in [0.5, 0.6) is 0 Å². The molecule has 1 amide bonds. The Morgan fingerprint density at radius 2 is 2.36 bits per heavy atom.